The molecule has 25 heavy (non-hydrogen) atoms. The number of carbonyl (C=O) groups excluding carboxylic acids is 1. The molecule has 2 aromatic rings. The molecule has 7 heteroatoms. The molecule has 2 atom stereocenters. The molecular formula is C18H24N4O3. The smallest absolute Gasteiger partial charge is 0.271 e. The van der Waals surface area contributed by atoms with E-state index in [9.17, 15) is 9.59 Å². The third kappa shape index (κ3) is 3.67. The van der Waals surface area contributed by atoms with Crippen molar-refractivity contribution < 1.29 is 9.53 Å². The van der Waals surface area contributed by atoms with Crippen molar-refractivity contribution in [2.75, 3.05) is 20.2 Å². The summed E-state index contributed by atoms with van der Waals surface area (Å²) in [5.74, 6) is -0.301. The minimum Gasteiger partial charge on any atom is -0.378 e. The Bertz CT molecular complexity index is 781. The Morgan fingerprint density at radius 3 is 2.64 bits per heavy atom. The van der Waals surface area contributed by atoms with E-state index in [1.54, 1.807) is 19.2 Å². The molecule has 1 amide bonds. The second-order valence-corrected chi connectivity index (χ2v) is 6.58. The SMILES string of the molecule is CO[C@H]1CN(C(C)C)C[C@@H]1NC(=O)c1cc(=O)n(-c2ccccc2)[nH]1. The number of likely N-dealkylation sites (tertiary alicyclic amines) is 1. The number of aromatic nitrogens is 2. The van der Waals surface area contributed by atoms with E-state index in [0.29, 0.717) is 11.7 Å². The Morgan fingerprint density at radius 2 is 2.00 bits per heavy atom. The highest BCUT2D eigenvalue weighted by Crippen LogP contribution is 2.16. The predicted octanol–water partition coefficient (Wildman–Crippen LogP) is 1.00. The molecule has 1 aromatic heterocycles. The molecule has 7 nitrogen and oxygen atoms in total. The number of para-hydroxylation sites is 1. The maximum absolute atomic E-state index is 12.6. The van der Waals surface area contributed by atoms with Crippen LogP contribution in [0, 0.1) is 0 Å². The topological polar surface area (TPSA) is 79.4 Å². The van der Waals surface area contributed by atoms with Crippen LogP contribution < -0.4 is 10.9 Å². The van der Waals surface area contributed by atoms with Gasteiger partial charge in [-0.05, 0) is 26.0 Å². The van der Waals surface area contributed by atoms with E-state index in [4.69, 9.17) is 4.74 Å². The van der Waals surface area contributed by atoms with Gasteiger partial charge in [0.1, 0.15) is 5.69 Å². The summed E-state index contributed by atoms with van der Waals surface area (Å²) < 4.78 is 6.86. The molecule has 1 aromatic carbocycles. The van der Waals surface area contributed by atoms with E-state index >= 15 is 0 Å². The van der Waals surface area contributed by atoms with E-state index < -0.39 is 0 Å². The normalized spacial score (nSPS) is 21.0. The van der Waals surface area contributed by atoms with Crippen LogP contribution in [-0.2, 0) is 4.74 Å². The summed E-state index contributed by atoms with van der Waals surface area (Å²) in [7, 11) is 1.65. The number of hydrogen-bond donors (Lipinski definition) is 2. The molecule has 1 aliphatic heterocycles. The average Bonchev–Trinajstić information content (AvgIpc) is 3.19. The van der Waals surface area contributed by atoms with Gasteiger partial charge in [0.05, 0.1) is 17.8 Å². The molecular weight excluding hydrogens is 320 g/mol. The van der Waals surface area contributed by atoms with E-state index in [2.05, 4.69) is 29.2 Å². The minimum absolute atomic E-state index is 0.0609. The monoisotopic (exact) mass is 344 g/mol. The fraction of sp³-hybridized carbons (Fsp3) is 0.444. The molecule has 0 aliphatic carbocycles. The first kappa shape index (κ1) is 17.4. The molecule has 0 radical (unpaired) electrons. The highest BCUT2D eigenvalue weighted by atomic mass is 16.5. The van der Waals surface area contributed by atoms with Gasteiger partial charge in [-0.25, -0.2) is 4.68 Å². The first-order valence-corrected chi connectivity index (χ1v) is 8.44. The molecule has 0 bridgehead atoms. The number of amides is 1. The fourth-order valence-corrected chi connectivity index (χ4v) is 3.13. The van der Waals surface area contributed by atoms with Gasteiger partial charge in [0.15, 0.2) is 0 Å². The zero-order valence-corrected chi connectivity index (χ0v) is 14.7. The third-order valence-corrected chi connectivity index (χ3v) is 4.62. The van der Waals surface area contributed by atoms with Gasteiger partial charge in [0.2, 0.25) is 0 Å². The maximum Gasteiger partial charge on any atom is 0.271 e. The molecule has 1 fully saturated rings. The summed E-state index contributed by atoms with van der Waals surface area (Å²) in [6.45, 7) is 5.74. The lowest BCUT2D eigenvalue weighted by atomic mass is 10.2. The van der Waals surface area contributed by atoms with Crippen LogP contribution >= 0.6 is 0 Å². The van der Waals surface area contributed by atoms with Crippen molar-refractivity contribution in [3.63, 3.8) is 0 Å². The molecule has 134 valence electrons. The quantitative estimate of drug-likeness (QED) is 0.848. The number of benzene rings is 1. The average molecular weight is 344 g/mol. The molecule has 3 rings (SSSR count). The van der Waals surface area contributed by atoms with Crippen LogP contribution in [0.2, 0.25) is 0 Å². The Balaban J connectivity index is 1.75. The van der Waals surface area contributed by atoms with Crippen molar-refractivity contribution in [3.8, 4) is 5.69 Å². The molecule has 2 heterocycles. The van der Waals surface area contributed by atoms with Gasteiger partial charge < -0.3 is 10.1 Å². The number of aromatic amines is 1. The van der Waals surface area contributed by atoms with Crippen LogP contribution in [0.15, 0.2) is 41.2 Å². The number of nitrogens with zero attached hydrogens (tertiary/aromatic N) is 2. The van der Waals surface area contributed by atoms with Crippen LogP contribution in [0.1, 0.15) is 24.3 Å². The highest BCUT2D eigenvalue weighted by molar-refractivity contribution is 5.92. The zero-order valence-electron chi connectivity index (χ0n) is 14.7. The van der Waals surface area contributed by atoms with Crippen molar-refractivity contribution in [1.29, 1.82) is 0 Å². The van der Waals surface area contributed by atoms with E-state index in [1.165, 1.54) is 10.7 Å². The first-order valence-electron chi connectivity index (χ1n) is 8.44. The summed E-state index contributed by atoms with van der Waals surface area (Å²) >= 11 is 0. The molecule has 1 saturated heterocycles. The lowest BCUT2D eigenvalue weighted by Crippen LogP contribution is -2.44. The summed E-state index contributed by atoms with van der Waals surface area (Å²) in [6.07, 6.45) is -0.0609. The van der Waals surface area contributed by atoms with E-state index in [1.807, 2.05) is 18.2 Å². The van der Waals surface area contributed by atoms with Gasteiger partial charge >= 0.3 is 0 Å². The van der Waals surface area contributed by atoms with Crippen LogP contribution in [0.3, 0.4) is 0 Å². The van der Waals surface area contributed by atoms with Gasteiger partial charge in [-0.15, -0.1) is 0 Å². The van der Waals surface area contributed by atoms with Crippen LogP contribution in [0.4, 0.5) is 0 Å². The molecule has 1 aliphatic rings. The van der Waals surface area contributed by atoms with Crippen molar-refractivity contribution in [1.82, 2.24) is 20.0 Å². The molecule has 0 spiro atoms. The molecule has 2 N–H and O–H groups in total. The molecule has 0 saturated carbocycles. The largest absolute Gasteiger partial charge is 0.378 e. The van der Waals surface area contributed by atoms with Gasteiger partial charge in [-0.2, -0.15) is 0 Å². The summed E-state index contributed by atoms with van der Waals surface area (Å²) in [5.41, 5.74) is 0.662. The number of nitrogens with one attached hydrogen (secondary N) is 2. The Hall–Kier alpha value is -2.38. The lowest BCUT2D eigenvalue weighted by molar-refractivity contribution is 0.0750. The van der Waals surface area contributed by atoms with Crippen LogP contribution in [0.25, 0.3) is 5.69 Å². The zero-order chi connectivity index (χ0) is 18.0. The van der Waals surface area contributed by atoms with Gasteiger partial charge in [0, 0.05) is 32.3 Å². The van der Waals surface area contributed by atoms with Crippen molar-refractivity contribution in [3.05, 3.63) is 52.4 Å². The van der Waals surface area contributed by atoms with Crippen LogP contribution in [-0.4, -0.2) is 59.0 Å². The highest BCUT2D eigenvalue weighted by Gasteiger charge is 2.35. The summed E-state index contributed by atoms with van der Waals surface area (Å²) in [5, 5.41) is 5.86. The Morgan fingerprint density at radius 1 is 1.28 bits per heavy atom. The number of carbonyl (C=O) groups is 1. The second-order valence-electron chi connectivity index (χ2n) is 6.58. The van der Waals surface area contributed by atoms with Crippen molar-refractivity contribution in [2.45, 2.75) is 32.0 Å². The Labute approximate surface area is 146 Å². The van der Waals surface area contributed by atoms with E-state index in [0.717, 1.165) is 13.1 Å². The van der Waals surface area contributed by atoms with Gasteiger partial charge in [-0.3, -0.25) is 19.6 Å². The lowest BCUT2D eigenvalue weighted by Gasteiger charge is -2.19. The maximum atomic E-state index is 12.6. The number of ether oxygens (including phenoxy) is 1. The number of hydrogen-bond acceptors (Lipinski definition) is 4. The standard InChI is InChI=1S/C18H24N4O3/c1-12(2)21-10-15(16(11-21)25-3)19-18(24)14-9-17(23)22(20-14)13-7-5-4-6-8-13/h4-9,12,15-16,20H,10-11H2,1-3H3,(H,19,24)/t15-,16-/m0/s1. The third-order valence-electron chi connectivity index (χ3n) is 4.62. The van der Waals surface area contributed by atoms with E-state index in [-0.39, 0.29) is 29.3 Å². The van der Waals surface area contributed by atoms with Crippen LogP contribution in [0.5, 0.6) is 0 Å². The summed E-state index contributed by atoms with van der Waals surface area (Å²) in [6, 6.07) is 10.8. The Kier molecular flexibility index (Phi) is 5.06. The first-order chi connectivity index (χ1) is 12.0. The fourth-order valence-electron chi connectivity index (χ4n) is 3.13. The number of H-pyrrole nitrogens is 1. The molecule has 0 unspecified atom stereocenters. The van der Waals surface area contributed by atoms with Crippen molar-refractivity contribution >= 4 is 5.91 Å². The van der Waals surface area contributed by atoms with Crippen molar-refractivity contribution in [2.24, 2.45) is 0 Å². The van der Waals surface area contributed by atoms with Gasteiger partial charge in [-0.1, -0.05) is 18.2 Å². The predicted molar refractivity (Wildman–Crippen MR) is 95.1 cm³/mol. The second kappa shape index (κ2) is 7.25. The summed E-state index contributed by atoms with van der Waals surface area (Å²) in [4.78, 5) is 27.0. The minimum atomic E-state index is -0.301. The number of methoxy groups -OCH3 is 1. The van der Waals surface area contributed by atoms with Gasteiger partial charge in [0.25, 0.3) is 11.5 Å². The number of rotatable bonds is 5.